The zero-order chi connectivity index (χ0) is 12.3. The van der Waals surface area contributed by atoms with Crippen molar-refractivity contribution in [2.24, 2.45) is 0 Å². The number of benzene rings is 1. The average molecular weight is 233 g/mol. The number of nitrogen functional groups attached to an aromatic ring is 1. The van der Waals surface area contributed by atoms with Gasteiger partial charge in [0, 0.05) is 24.5 Å². The van der Waals surface area contributed by atoms with Crippen LogP contribution in [0.1, 0.15) is 18.4 Å². The minimum atomic E-state index is 0.169. The number of anilines is 2. The van der Waals surface area contributed by atoms with E-state index in [1.54, 1.807) is 0 Å². The maximum Gasteiger partial charge on any atom is 0.241 e. The zero-order valence-corrected chi connectivity index (χ0v) is 10.2. The Morgan fingerprint density at radius 1 is 1.35 bits per heavy atom. The first-order valence-electron chi connectivity index (χ1n) is 6.04. The molecule has 1 amide bonds. The summed E-state index contributed by atoms with van der Waals surface area (Å²) in [6, 6.07) is 5.76. The van der Waals surface area contributed by atoms with E-state index in [0.717, 1.165) is 42.9 Å². The number of hydrogen-bond donors (Lipinski definition) is 2. The van der Waals surface area contributed by atoms with E-state index in [9.17, 15) is 4.79 Å². The van der Waals surface area contributed by atoms with Gasteiger partial charge in [-0.25, -0.2) is 0 Å². The fraction of sp³-hybridized carbons (Fsp3) is 0.462. The van der Waals surface area contributed by atoms with Crippen LogP contribution in [0.3, 0.4) is 0 Å². The van der Waals surface area contributed by atoms with E-state index in [0.29, 0.717) is 6.54 Å². The predicted octanol–water partition coefficient (Wildman–Crippen LogP) is 1.61. The molecule has 0 spiro atoms. The van der Waals surface area contributed by atoms with Crippen molar-refractivity contribution in [3.05, 3.63) is 23.8 Å². The van der Waals surface area contributed by atoms with Crippen molar-refractivity contribution in [3.8, 4) is 0 Å². The molecule has 0 saturated carbocycles. The smallest absolute Gasteiger partial charge is 0.241 e. The van der Waals surface area contributed by atoms with Crippen molar-refractivity contribution in [3.63, 3.8) is 0 Å². The number of amides is 1. The van der Waals surface area contributed by atoms with Gasteiger partial charge >= 0.3 is 0 Å². The highest BCUT2D eigenvalue weighted by molar-refractivity contribution is 5.81. The molecule has 0 bridgehead atoms. The molecule has 0 atom stereocenters. The van der Waals surface area contributed by atoms with Crippen LogP contribution < -0.4 is 11.1 Å². The predicted molar refractivity (Wildman–Crippen MR) is 69.9 cm³/mol. The van der Waals surface area contributed by atoms with Crippen LogP contribution in [0.25, 0.3) is 0 Å². The third-order valence-electron chi connectivity index (χ3n) is 3.00. The van der Waals surface area contributed by atoms with Gasteiger partial charge in [0.05, 0.1) is 6.54 Å². The summed E-state index contributed by atoms with van der Waals surface area (Å²) in [6.45, 7) is 4.14. The van der Waals surface area contributed by atoms with Crippen LogP contribution in [-0.4, -0.2) is 30.4 Å². The second kappa shape index (κ2) is 5.08. The van der Waals surface area contributed by atoms with Gasteiger partial charge in [-0.2, -0.15) is 0 Å². The molecule has 1 fully saturated rings. The second-order valence-electron chi connectivity index (χ2n) is 4.57. The molecule has 2 rings (SSSR count). The largest absolute Gasteiger partial charge is 0.399 e. The monoisotopic (exact) mass is 233 g/mol. The summed E-state index contributed by atoms with van der Waals surface area (Å²) < 4.78 is 0. The number of rotatable bonds is 3. The van der Waals surface area contributed by atoms with Crippen LogP contribution in [-0.2, 0) is 4.79 Å². The van der Waals surface area contributed by atoms with Crippen molar-refractivity contribution < 1.29 is 4.79 Å². The van der Waals surface area contributed by atoms with Crippen molar-refractivity contribution in [2.75, 3.05) is 30.7 Å². The van der Waals surface area contributed by atoms with Gasteiger partial charge in [-0.15, -0.1) is 0 Å². The molecule has 1 aliphatic rings. The van der Waals surface area contributed by atoms with Gasteiger partial charge in [0.25, 0.3) is 0 Å². The number of carbonyl (C=O) groups excluding carboxylic acids is 1. The number of likely N-dealkylation sites (tertiary alicyclic amines) is 1. The topological polar surface area (TPSA) is 58.4 Å². The van der Waals surface area contributed by atoms with Gasteiger partial charge in [-0.05, 0) is 43.5 Å². The van der Waals surface area contributed by atoms with E-state index >= 15 is 0 Å². The Morgan fingerprint density at radius 3 is 2.71 bits per heavy atom. The van der Waals surface area contributed by atoms with Gasteiger partial charge in [-0.1, -0.05) is 0 Å². The molecule has 1 aromatic carbocycles. The van der Waals surface area contributed by atoms with Gasteiger partial charge in [0.1, 0.15) is 0 Å². The van der Waals surface area contributed by atoms with E-state index in [1.807, 2.05) is 30.0 Å². The number of aryl methyl sites for hydroxylation is 1. The Morgan fingerprint density at radius 2 is 2.06 bits per heavy atom. The average Bonchev–Trinajstić information content (AvgIpc) is 2.78. The number of carbonyl (C=O) groups is 1. The van der Waals surface area contributed by atoms with Gasteiger partial charge in [0.15, 0.2) is 0 Å². The molecule has 1 aromatic rings. The van der Waals surface area contributed by atoms with Crippen LogP contribution in [0.2, 0.25) is 0 Å². The highest BCUT2D eigenvalue weighted by Crippen LogP contribution is 2.16. The number of nitrogens with one attached hydrogen (secondary N) is 1. The normalized spacial score (nSPS) is 15.0. The summed E-state index contributed by atoms with van der Waals surface area (Å²) in [5.41, 5.74) is 8.49. The molecule has 17 heavy (non-hydrogen) atoms. The Balaban J connectivity index is 1.90. The van der Waals surface area contributed by atoms with Crippen molar-refractivity contribution in [1.29, 1.82) is 0 Å². The lowest BCUT2D eigenvalue weighted by atomic mass is 10.2. The third kappa shape index (κ3) is 3.12. The maximum absolute atomic E-state index is 11.8. The minimum absolute atomic E-state index is 0.169. The standard InChI is InChI=1S/C13H19N3O/c1-10-6-11(14)8-12(7-10)15-9-13(17)16-4-2-3-5-16/h6-8,15H,2-5,9,14H2,1H3. The molecule has 0 aliphatic carbocycles. The molecule has 1 heterocycles. The molecule has 4 heteroatoms. The van der Waals surface area contributed by atoms with E-state index in [1.165, 1.54) is 0 Å². The van der Waals surface area contributed by atoms with E-state index in [-0.39, 0.29) is 5.91 Å². The molecule has 4 nitrogen and oxygen atoms in total. The van der Waals surface area contributed by atoms with Crippen LogP contribution in [0.15, 0.2) is 18.2 Å². The van der Waals surface area contributed by atoms with Crippen molar-refractivity contribution in [1.82, 2.24) is 4.90 Å². The Bertz CT molecular complexity index is 391. The molecule has 1 aliphatic heterocycles. The van der Waals surface area contributed by atoms with E-state index < -0.39 is 0 Å². The SMILES string of the molecule is Cc1cc(N)cc(NCC(=O)N2CCCC2)c1. The molecule has 1 saturated heterocycles. The first-order valence-corrected chi connectivity index (χ1v) is 6.04. The Kier molecular flexibility index (Phi) is 3.52. The van der Waals surface area contributed by atoms with Gasteiger partial charge in [-0.3, -0.25) is 4.79 Å². The maximum atomic E-state index is 11.8. The summed E-state index contributed by atoms with van der Waals surface area (Å²) in [4.78, 5) is 13.7. The van der Waals surface area contributed by atoms with Crippen LogP contribution in [0.5, 0.6) is 0 Å². The van der Waals surface area contributed by atoms with Crippen LogP contribution >= 0.6 is 0 Å². The van der Waals surface area contributed by atoms with Crippen molar-refractivity contribution in [2.45, 2.75) is 19.8 Å². The van der Waals surface area contributed by atoms with Crippen LogP contribution in [0.4, 0.5) is 11.4 Å². The molecule has 92 valence electrons. The first kappa shape index (κ1) is 11.8. The lowest BCUT2D eigenvalue weighted by Gasteiger charge is -2.16. The second-order valence-corrected chi connectivity index (χ2v) is 4.57. The van der Waals surface area contributed by atoms with Crippen LogP contribution in [0, 0.1) is 6.92 Å². The number of nitrogens with two attached hydrogens (primary N) is 1. The summed E-state index contributed by atoms with van der Waals surface area (Å²) in [7, 11) is 0. The van der Waals surface area contributed by atoms with E-state index in [2.05, 4.69) is 5.32 Å². The number of hydrogen-bond acceptors (Lipinski definition) is 3. The third-order valence-corrected chi connectivity index (χ3v) is 3.00. The van der Waals surface area contributed by atoms with Gasteiger partial charge in [0.2, 0.25) is 5.91 Å². The molecule has 0 radical (unpaired) electrons. The summed E-state index contributed by atoms with van der Waals surface area (Å²) >= 11 is 0. The van der Waals surface area contributed by atoms with Crippen molar-refractivity contribution >= 4 is 17.3 Å². The Labute approximate surface area is 102 Å². The Hall–Kier alpha value is -1.71. The van der Waals surface area contributed by atoms with Gasteiger partial charge < -0.3 is 16.0 Å². The summed E-state index contributed by atoms with van der Waals surface area (Å²) in [6.07, 6.45) is 2.26. The molecular weight excluding hydrogens is 214 g/mol. The lowest BCUT2D eigenvalue weighted by molar-refractivity contribution is -0.128. The quantitative estimate of drug-likeness (QED) is 0.780. The molecule has 0 unspecified atom stereocenters. The fourth-order valence-electron chi connectivity index (χ4n) is 2.17. The highest BCUT2D eigenvalue weighted by atomic mass is 16.2. The summed E-state index contributed by atoms with van der Waals surface area (Å²) in [5, 5.41) is 3.13. The van der Waals surface area contributed by atoms with E-state index in [4.69, 9.17) is 5.73 Å². The molecule has 0 aromatic heterocycles. The fourth-order valence-corrected chi connectivity index (χ4v) is 2.17. The molecule has 3 N–H and O–H groups in total. The first-order chi connectivity index (χ1) is 8.15. The minimum Gasteiger partial charge on any atom is -0.399 e. The zero-order valence-electron chi connectivity index (χ0n) is 10.2. The number of nitrogens with zero attached hydrogens (tertiary/aromatic N) is 1. The highest BCUT2D eigenvalue weighted by Gasteiger charge is 2.17. The summed E-state index contributed by atoms with van der Waals surface area (Å²) in [5.74, 6) is 0.169. The molecular formula is C13H19N3O. The lowest BCUT2D eigenvalue weighted by Crippen LogP contribution is -2.32.